The average Bonchev–Trinajstić information content (AvgIpc) is 2.89. The van der Waals surface area contributed by atoms with Gasteiger partial charge in [0.05, 0.1) is 11.9 Å². The molecule has 3 aromatic rings. The van der Waals surface area contributed by atoms with Gasteiger partial charge in [-0.15, -0.1) is 0 Å². The zero-order valence-corrected chi connectivity index (χ0v) is 25.5. The molecule has 0 aliphatic carbocycles. The summed E-state index contributed by atoms with van der Waals surface area (Å²) in [6, 6.07) is 20.0. The van der Waals surface area contributed by atoms with Crippen LogP contribution in [0.4, 0.5) is 5.69 Å². The number of halogens is 3. The van der Waals surface area contributed by atoms with Crippen molar-refractivity contribution in [2.45, 2.75) is 32.4 Å². The second kappa shape index (κ2) is 14.2. The minimum atomic E-state index is -3.86. The normalized spacial score (nSPS) is 12.0. The summed E-state index contributed by atoms with van der Waals surface area (Å²) >= 11 is 15.9. The van der Waals surface area contributed by atoms with E-state index in [9.17, 15) is 18.0 Å². The van der Waals surface area contributed by atoms with Crippen molar-refractivity contribution < 1.29 is 18.0 Å². The monoisotopic (exact) mass is 653 g/mol. The van der Waals surface area contributed by atoms with Gasteiger partial charge in [0.1, 0.15) is 12.6 Å². The van der Waals surface area contributed by atoms with E-state index in [1.165, 1.54) is 4.90 Å². The highest BCUT2D eigenvalue weighted by Crippen LogP contribution is 2.29. The summed E-state index contributed by atoms with van der Waals surface area (Å²) in [6.45, 7) is 1.82. The van der Waals surface area contributed by atoms with Gasteiger partial charge in [-0.3, -0.25) is 13.9 Å². The van der Waals surface area contributed by atoms with Crippen LogP contribution in [0.1, 0.15) is 24.5 Å². The predicted molar refractivity (Wildman–Crippen MR) is 161 cm³/mol. The van der Waals surface area contributed by atoms with Gasteiger partial charge in [-0.05, 0) is 57.7 Å². The molecule has 39 heavy (non-hydrogen) atoms. The Morgan fingerprint density at radius 3 is 2.28 bits per heavy atom. The van der Waals surface area contributed by atoms with Gasteiger partial charge in [0.15, 0.2) is 0 Å². The second-order valence-electron chi connectivity index (χ2n) is 8.97. The van der Waals surface area contributed by atoms with Crippen LogP contribution >= 0.6 is 39.1 Å². The lowest BCUT2D eigenvalue weighted by Crippen LogP contribution is -2.53. The molecule has 1 atom stereocenters. The Balaban J connectivity index is 2.08. The van der Waals surface area contributed by atoms with Crippen LogP contribution < -0.4 is 9.62 Å². The summed E-state index contributed by atoms with van der Waals surface area (Å²) in [5, 5.41) is 3.66. The number of nitrogens with one attached hydrogen (secondary N) is 1. The van der Waals surface area contributed by atoms with Gasteiger partial charge < -0.3 is 10.2 Å². The van der Waals surface area contributed by atoms with Gasteiger partial charge in [-0.2, -0.15) is 0 Å². The highest BCUT2D eigenvalue weighted by molar-refractivity contribution is 9.10. The van der Waals surface area contributed by atoms with E-state index in [1.54, 1.807) is 42.5 Å². The molecule has 208 valence electrons. The number of carbonyl (C=O) groups excluding carboxylic acids is 2. The van der Waals surface area contributed by atoms with Crippen LogP contribution in [0.25, 0.3) is 0 Å². The fourth-order valence-corrected chi connectivity index (χ4v) is 5.95. The molecule has 11 heteroatoms. The van der Waals surface area contributed by atoms with Gasteiger partial charge >= 0.3 is 0 Å². The molecule has 0 radical (unpaired) electrons. The maximum absolute atomic E-state index is 14.0. The minimum absolute atomic E-state index is 0.0283. The van der Waals surface area contributed by atoms with Crippen LogP contribution in [0.3, 0.4) is 0 Å². The summed E-state index contributed by atoms with van der Waals surface area (Å²) in [7, 11) is -3.86. The molecular weight excluding hydrogens is 625 g/mol. The molecule has 0 aromatic heterocycles. The predicted octanol–water partition coefficient (Wildman–Crippen LogP) is 5.69. The minimum Gasteiger partial charge on any atom is -0.354 e. The standard InChI is InChI=1S/C28H30BrCl2N3O4S/c1-3-15-32-28(36)26(16-20-9-5-4-6-10-20)33(18-21-13-14-22(30)17-24(21)31)27(35)19-34(39(2,37)38)25-12-8-7-11-23(25)29/h4-14,17,26H,3,15-16,18-19H2,1-2H3,(H,32,36)/t26-/m0/s1. The topological polar surface area (TPSA) is 86.8 Å². The number of carbonyl (C=O) groups is 2. The van der Waals surface area contributed by atoms with E-state index in [-0.39, 0.29) is 18.9 Å². The highest BCUT2D eigenvalue weighted by Gasteiger charge is 2.33. The average molecular weight is 655 g/mol. The van der Waals surface area contributed by atoms with Crippen LogP contribution in [0.15, 0.2) is 77.3 Å². The van der Waals surface area contributed by atoms with Crippen LogP contribution in [0.2, 0.25) is 10.0 Å². The first-order valence-electron chi connectivity index (χ1n) is 12.3. The molecule has 3 rings (SSSR count). The molecule has 0 bridgehead atoms. The van der Waals surface area contributed by atoms with Crippen molar-refractivity contribution >= 4 is 66.7 Å². The number of hydrogen-bond donors (Lipinski definition) is 1. The molecule has 2 amide bonds. The molecule has 7 nitrogen and oxygen atoms in total. The number of amides is 2. The molecule has 0 heterocycles. The molecule has 0 saturated heterocycles. The lowest BCUT2D eigenvalue weighted by Gasteiger charge is -2.34. The van der Waals surface area contributed by atoms with E-state index in [2.05, 4.69) is 21.2 Å². The Kier molecular flexibility index (Phi) is 11.2. The van der Waals surface area contributed by atoms with Gasteiger partial charge in [0.25, 0.3) is 0 Å². The Hall–Kier alpha value is -2.59. The third-order valence-corrected chi connectivity index (χ3v) is 8.36. The highest BCUT2D eigenvalue weighted by atomic mass is 79.9. The van der Waals surface area contributed by atoms with E-state index in [0.29, 0.717) is 38.7 Å². The Bertz CT molecular complexity index is 1410. The largest absolute Gasteiger partial charge is 0.354 e. The maximum atomic E-state index is 14.0. The number of sulfonamides is 1. The second-order valence-corrected chi connectivity index (χ2v) is 12.6. The molecule has 3 aromatic carbocycles. The maximum Gasteiger partial charge on any atom is 0.244 e. The zero-order valence-electron chi connectivity index (χ0n) is 21.6. The number of anilines is 1. The zero-order chi connectivity index (χ0) is 28.6. The molecule has 0 aliphatic rings. The molecule has 0 aliphatic heterocycles. The first kappa shape index (κ1) is 30.9. The van der Waals surface area contributed by atoms with E-state index in [0.717, 1.165) is 16.1 Å². The van der Waals surface area contributed by atoms with Crippen molar-refractivity contribution in [3.8, 4) is 0 Å². The fourth-order valence-electron chi connectivity index (χ4n) is 4.00. The summed E-state index contributed by atoms with van der Waals surface area (Å²) < 4.78 is 27.2. The lowest BCUT2D eigenvalue weighted by molar-refractivity contribution is -0.140. The Labute approximate surface area is 248 Å². The molecule has 0 fully saturated rings. The first-order valence-corrected chi connectivity index (χ1v) is 15.7. The number of rotatable bonds is 12. The third kappa shape index (κ3) is 8.70. The van der Waals surface area contributed by atoms with E-state index < -0.39 is 28.5 Å². The van der Waals surface area contributed by atoms with Crippen LogP contribution in [-0.4, -0.2) is 50.5 Å². The Morgan fingerprint density at radius 2 is 1.67 bits per heavy atom. The fraction of sp³-hybridized carbons (Fsp3) is 0.286. The van der Waals surface area contributed by atoms with Crippen molar-refractivity contribution in [1.82, 2.24) is 10.2 Å². The van der Waals surface area contributed by atoms with Crippen molar-refractivity contribution in [2.24, 2.45) is 0 Å². The smallest absolute Gasteiger partial charge is 0.244 e. The van der Waals surface area contributed by atoms with Gasteiger partial charge in [-0.25, -0.2) is 8.42 Å². The van der Waals surface area contributed by atoms with Crippen LogP contribution in [0.5, 0.6) is 0 Å². The number of hydrogen-bond acceptors (Lipinski definition) is 4. The van der Waals surface area contributed by atoms with Gasteiger partial charge in [0.2, 0.25) is 21.8 Å². The molecule has 1 N–H and O–H groups in total. The van der Waals surface area contributed by atoms with E-state index >= 15 is 0 Å². The molecule has 0 unspecified atom stereocenters. The van der Waals surface area contributed by atoms with Gasteiger partial charge in [-0.1, -0.05) is 78.7 Å². The van der Waals surface area contributed by atoms with Crippen LogP contribution in [0, 0.1) is 0 Å². The van der Waals surface area contributed by atoms with Crippen molar-refractivity contribution in [3.63, 3.8) is 0 Å². The quantitative estimate of drug-likeness (QED) is 0.272. The number of para-hydroxylation sites is 1. The lowest BCUT2D eigenvalue weighted by atomic mass is 10.0. The molecule has 0 saturated carbocycles. The summed E-state index contributed by atoms with van der Waals surface area (Å²) in [4.78, 5) is 28.9. The number of nitrogens with zero attached hydrogens (tertiary/aromatic N) is 2. The molecule has 0 spiro atoms. The summed E-state index contributed by atoms with van der Waals surface area (Å²) in [5.74, 6) is -0.902. The summed E-state index contributed by atoms with van der Waals surface area (Å²) in [6.07, 6.45) is 1.97. The third-order valence-electron chi connectivity index (χ3n) is 5.98. The van der Waals surface area contributed by atoms with Gasteiger partial charge in [0, 0.05) is 34.0 Å². The first-order chi connectivity index (χ1) is 18.5. The van der Waals surface area contributed by atoms with Crippen molar-refractivity contribution in [1.29, 1.82) is 0 Å². The van der Waals surface area contributed by atoms with Crippen molar-refractivity contribution in [3.05, 3.63) is 98.4 Å². The SMILES string of the molecule is CCCNC(=O)[C@H](Cc1ccccc1)N(Cc1ccc(Cl)cc1Cl)C(=O)CN(c1ccccc1Br)S(C)(=O)=O. The Morgan fingerprint density at radius 1 is 1.00 bits per heavy atom. The summed E-state index contributed by atoms with van der Waals surface area (Å²) in [5.41, 5.74) is 1.73. The number of benzene rings is 3. The van der Waals surface area contributed by atoms with E-state index in [4.69, 9.17) is 23.2 Å². The van der Waals surface area contributed by atoms with Crippen molar-refractivity contribution in [2.75, 3.05) is 23.7 Å². The van der Waals surface area contributed by atoms with E-state index in [1.807, 2.05) is 37.3 Å². The van der Waals surface area contributed by atoms with Crippen LogP contribution in [-0.2, 0) is 32.6 Å². The molecular formula is C28H30BrCl2N3O4S.